The van der Waals surface area contributed by atoms with Crippen LogP contribution in [-0.4, -0.2) is 21.1 Å². The number of nitrogens with zero attached hydrogens (tertiary/aromatic N) is 2. The summed E-state index contributed by atoms with van der Waals surface area (Å²) in [5.41, 5.74) is 1.01. The summed E-state index contributed by atoms with van der Waals surface area (Å²) in [6.07, 6.45) is 1.69. The van der Waals surface area contributed by atoms with Gasteiger partial charge in [-0.2, -0.15) is 0 Å². The first-order valence-electron chi connectivity index (χ1n) is 9.05. The molecule has 0 bridgehead atoms. The summed E-state index contributed by atoms with van der Waals surface area (Å²) in [7, 11) is 0. The van der Waals surface area contributed by atoms with Crippen LogP contribution in [0.5, 0.6) is 0 Å². The number of carbonyl (C=O) groups is 1. The highest BCUT2D eigenvalue weighted by molar-refractivity contribution is 7.17. The van der Waals surface area contributed by atoms with Crippen molar-refractivity contribution in [3.63, 3.8) is 0 Å². The van der Waals surface area contributed by atoms with Crippen LogP contribution >= 0.6 is 11.3 Å². The Labute approximate surface area is 161 Å². The predicted molar refractivity (Wildman–Crippen MR) is 108 cm³/mol. The molecule has 0 aliphatic carbocycles. The summed E-state index contributed by atoms with van der Waals surface area (Å²) < 4.78 is 3.06. The maximum absolute atomic E-state index is 12.6. The van der Waals surface area contributed by atoms with E-state index in [1.54, 1.807) is 18.4 Å². The summed E-state index contributed by atoms with van der Waals surface area (Å²) in [6.45, 7) is 3.89. The van der Waals surface area contributed by atoms with Gasteiger partial charge in [0, 0.05) is 12.6 Å². The highest BCUT2D eigenvalue weighted by Gasteiger charge is 2.16. The zero-order chi connectivity index (χ0) is 19.4. The summed E-state index contributed by atoms with van der Waals surface area (Å²) in [6, 6.07) is 11.8. The first-order chi connectivity index (χ1) is 13.0. The van der Waals surface area contributed by atoms with Gasteiger partial charge in [-0.3, -0.25) is 18.7 Å². The molecule has 0 fully saturated rings. The number of rotatable bonds is 7. The number of hydrogen-bond acceptors (Lipinski definition) is 4. The average molecular weight is 385 g/mol. The van der Waals surface area contributed by atoms with Gasteiger partial charge in [-0.1, -0.05) is 30.3 Å². The van der Waals surface area contributed by atoms with Gasteiger partial charge in [0.2, 0.25) is 5.91 Å². The van der Waals surface area contributed by atoms with Gasteiger partial charge in [-0.05, 0) is 43.7 Å². The molecular formula is C20H23N3O3S. The Balaban J connectivity index is 1.72. The zero-order valence-corrected chi connectivity index (χ0v) is 16.3. The number of nitrogens with one attached hydrogen (secondary N) is 1. The topological polar surface area (TPSA) is 73.1 Å². The standard InChI is InChI=1S/C20H23N3O3S/c1-3-22-19(25)18-16(11-12-27-18)23(20(22)26)13-17(24)21-14(2)9-10-15-7-5-4-6-8-15/h4-8,11-12,14H,3,9-10,13H2,1-2H3,(H,21,24)/t14-/m0/s1. The van der Waals surface area contributed by atoms with E-state index in [-0.39, 0.29) is 30.6 Å². The number of carbonyl (C=O) groups excluding carboxylic acids is 1. The minimum absolute atomic E-state index is 0.0107. The molecule has 27 heavy (non-hydrogen) atoms. The zero-order valence-electron chi connectivity index (χ0n) is 15.5. The molecular weight excluding hydrogens is 362 g/mol. The summed E-state index contributed by atoms with van der Waals surface area (Å²) in [5, 5.41) is 4.72. The van der Waals surface area contributed by atoms with E-state index in [2.05, 4.69) is 17.4 Å². The van der Waals surface area contributed by atoms with Crippen molar-refractivity contribution < 1.29 is 4.79 Å². The number of benzene rings is 1. The number of amides is 1. The van der Waals surface area contributed by atoms with E-state index >= 15 is 0 Å². The van der Waals surface area contributed by atoms with E-state index in [9.17, 15) is 14.4 Å². The van der Waals surface area contributed by atoms with Crippen molar-refractivity contribution in [3.05, 3.63) is 68.2 Å². The molecule has 1 atom stereocenters. The Kier molecular flexibility index (Phi) is 5.91. The average Bonchev–Trinajstić information content (AvgIpc) is 3.15. The second-order valence-corrected chi connectivity index (χ2v) is 7.46. The first-order valence-corrected chi connectivity index (χ1v) is 9.93. The Morgan fingerprint density at radius 1 is 1.15 bits per heavy atom. The fraction of sp³-hybridized carbons (Fsp3) is 0.350. The molecule has 1 aromatic carbocycles. The van der Waals surface area contributed by atoms with Gasteiger partial charge < -0.3 is 5.32 Å². The van der Waals surface area contributed by atoms with Crippen LogP contribution in [0.2, 0.25) is 0 Å². The Bertz CT molecular complexity index is 1050. The maximum atomic E-state index is 12.6. The second-order valence-electron chi connectivity index (χ2n) is 6.55. The normalized spacial score (nSPS) is 12.2. The van der Waals surface area contributed by atoms with Crippen molar-refractivity contribution in [2.24, 2.45) is 0 Å². The lowest BCUT2D eigenvalue weighted by molar-refractivity contribution is -0.122. The largest absolute Gasteiger partial charge is 0.352 e. The van der Waals surface area contributed by atoms with Gasteiger partial charge in [0.15, 0.2) is 0 Å². The molecule has 1 N–H and O–H groups in total. The van der Waals surface area contributed by atoms with Crippen LogP contribution in [0.1, 0.15) is 25.8 Å². The molecule has 0 saturated heterocycles. The highest BCUT2D eigenvalue weighted by atomic mass is 32.1. The molecule has 0 saturated carbocycles. The lowest BCUT2D eigenvalue weighted by atomic mass is 10.1. The van der Waals surface area contributed by atoms with Crippen molar-refractivity contribution >= 4 is 27.5 Å². The fourth-order valence-electron chi connectivity index (χ4n) is 3.13. The van der Waals surface area contributed by atoms with Crippen LogP contribution in [0, 0.1) is 0 Å². The third kappa shape index (κ3) is 4.19. The van der Waals surface area contributed by atoms with Crippen LogP contribution in [0.3, 0.4) is 0 Å². The Morgan fingerprint density at radius 2 is 1.89 bits per heavy atom. The summed E-state index contributed by atoms with van der Waals surface area (Å²) in [5.74, 6) is -0.230. The molecule has 6 nitrogen and oxygen atoms in total. The third-order valence-electron chi connectivity index (χ3n) is 4.57. The second kappa shape index (κ2) is 8.35. The van der Waals surface area contributed by atoms with Gasteiger partial charge in [0.1, 0.15) is 11.2 Å². The molecule has 0 aliphatic heterocycles. The van der Waals surface area contributed by atoms with E-state index < -0.39 is 5.69 Å². The smallest absolute Gasteiger partial charge is 0.331 e. The predicted octanol–water partition coefficient (Wildman–Crippen LogP) is 2.38. The molecule has 0 unspecified atom stereocenters. The van der Waals surface area contributed by atoms with Crippen LogP contribution in [0.15, 0.2) is 51.4 Å². The quantitative estimate of drug-likeness (QED) is 0.679. The van der Waals surface area contributed by atoms with Crippen LogP contribution in [-0.2, 0) is 24.3 Å². The molecule has 3 rings (SSSR count). The first kappa shape index (κ1) is 19.1. The van der Waals surface area contributed by atoms with E-state index in [1.165, 1.54) is 26.0 Å². The summed E-state index contributed by atoms with van der Waals surface area (Å²) in [4.78, 5) is 37.4. The van der Waals surface area contributed by atoms with Gasteiger partial charge in [-0.25, -0.2) is 4.79 Å². The van der Waals surface area contributed by atoms with Crippen LogP contribution in [0.25, 0.3) is 10.2 Å². The molecule has 142 valence electrons. The molecule has 2 aromatic heterocycles. The van der Waals surface area contributed by atoms with E-state index in [4.69, 9.17) is 0 Å². The van der Waals surface area contributed by atoms with Crippen molar-refractivity contribution in [1.29, 1.82) is 0 Å². The van der Waals surface area contributed by atoms with Gasteiger partial charge in [0.05, 0.1) is 5.52 Å². The van der Waals surface area contributed by atoms with Crippen molar-refractivity contribution in [1.82, 2.24) is 14.5 Å². The third-order valence-corrected chi connectivity index (χ3v) is 5.46. The van der Waals surface area contributed by atoms with Crippen molar-refractivity contribution in [3.8, 4) is 0 Å². The number of hydrogen-bond donors (Lipinski definition) is 1. The van der Waals surface area contributed by atoms with Gasteiger partial charge in [-0.15, -0.1) is 11.3 Å². The minimum atomic E-state index is -0.444. The van der Waals surface area contributed by atoms with Crippen LogP contribution < -0.4 is 16.6 Å². The van der Waals surface area contributed by atoms with E-state index in [0.29, 0.717) is 10.2 Å². The van der Waals surface area contributed by atoms with Crippen molar-refractivity contribution in [2.75, 3.05) is 0 Å². The van der Waals surface area contributed by atoms with E-state index in [1.807, 2.05) is 25.1 Å². The highest BCUT2D eigenvalue weighted by Crippen LogP contribution is 2.15. The fourth-order valence-corrected chi connectivity index (χ4v) is 3.97. The Hall–Kier alpha value is -2.67. The number of fused-ring (bicyclic) bond motifs is 1. The van der Waals surface area contributed by atoms with Gasteiger partial charge >= 0.3 is 5.69 Å². The minimum Gasteiger partial charge on any atom is -0.352 e. The summed E-state index contributed by atoms with van der Waals surface area (Å²) >= 11 is 1.29. The van der Waals surface area contributed by atoms with Crippen molar-refractivity contribution in [2.45, 2.75) is 45.8 Å². The molecule has 0 radical (unpaired) electrons. The molecule has 1 amide bonds. The molecule has 7 heteroatoms. The number of aromatic nitrogens is 2. The molecule has 3 aromatic rings. The van der Waals surface area contributed by atoms with Gasteiger partial charge in [0.25, 0.3) is 5.56 Å². The molecule has 0 spiro atoms. The Morgan fingerprint density at radius 3 is 2.59 bits per heavy atom. The monoisotopic (exact) mass is 385 g/mol. The molecule has 2 heterocycles. The molecule has 0 aliphatic rings. The lowest BCUT2D eigenvalue weighted by Gasteiger charge is -2.15. The van der Waals surface area contributed by atoms with Crippen LogP contribution in [0.4, 0.5) is 0 Å². The maximum Gasteiger partial charge on any atom is 0.331 e. The lowest BCUT2D eigenvalue weighted by Crippen LogP contribution is -2.43. The van der Waals surface area contributed by atoms with E-state index in [0.717, 1.165) is 12.8 Å². The SMILES string of the molecule is CCn1c(=O)c2sccc2n(CC(=O)N[C@@H](C)CCc2ccccc2)c1=O. The number of aryl methyl sites for hydroxylation is 1. The number of thiophene rings is 1.